The molecule has 0 aromatic carbocycles. The van der Waals surface area contributed by atoms with Gasteiger partial charge in [0.2, 0.25) is 5.89 Å². The standard InChI is InChI=1S/C14H19N3O5S/c1-13(2,3)22-12(20)15-5-9-16-8(6-21-9)10-17-14(4,7-23-10)11(18)19/h6H,5,7H2,1-4H3,(H,15,20)(H,18,19)/t14-/m0/s1. The molecule has 1 atom stereocenters. The molecule has 8 nitrogen and oxygen atoms in total. The summed E-state index contributed by atoms with van der Waals surface area (Å²) < 4.78 is 10.4. The van der Waals surface area contributed by atoms with Gasteiger partial charge in [-0.25, -0.2) is 14.6 Å². The quantitative estimate of drug-likeness (QED) is 0.861. The van der Waals surface area contributed by atoms with Crippen LogP contribution in [0.5, 0.6) is 0 Å². The lowest BCUT2D eigenvalue weighted by Gasteiger charge is -2.19. The lowest BCUT2D eigenvalue weighted by Crippen LogP contribution is -2.33. The lowest BCUT2D eigenvalue weighted by molar-refractivity contribution is -0.141. The Morgan fingerprint density at radius 3 is 2.78 bits per heavy atom. The van der Waals surface area contributed by atoms with Gasteiger partial charge >= 0.3 is 12.1 Å². The summed E-state index contributed by atoms with van der Waals surface area (Å²) in [5.74, 6) is -0.343. The van der Waals surface area contributed by atoms with Crippen LogP contribution in [0.15, 0.2) is 15.7 Å². The summed E-state index contributed by atoms with van der Waals surface area (Å²) in [6.45, 7) is 6.93. The van der Waals surface area contributed by atoms with Crippen molar-refractivity contribution >= 4 is 28.9 Å². The van der Waals surface area contributed by atoms with Gasteiger partial charge in [0.25, 0.3) is 0 Å². The van der Waals surface area contributed by atoms with Gasteiger partial charge in [0.05, 0.1) is 6.54 Å². The number of rotatable bonds is 4. The normalized spacial score (nSPS) is 21.0. The Labute approximate surface area is 137 Å². The Bertz CT molecular complexity index is 649. The zero-order valence-corrected chi connectivity index (χ0v) is 14.2. The number of alkyl carbamates (subject to hydrolysis) is 1. The molecule has 2 N–H and O–H groups in total. The number of nitrogens with zero attached hydrogens (tertiary/aromatic N) is 2. The molecule has 0 fully saturated rings. The first-order valence-corrected chi connectivity index (χ1v) is 7.95. The molecule has 2 heterocycles. The van der Waals surface area contributed by atoms with E-state index >= 15 is 0 Å². The maximum Gasteiger partial charge on any atom is 0.408 e. The highest BCUT2D eigenvalue weighted by atomic mass is 32.2. The number of carbonyl (C=O) groups excluding carboxylic acids is 1. The number of carbonyl (C=O) groups is 2. The molecule has 1 aromatic heterocycles. The van der Waals surface area contributed by atoms with Crippen molar-refractivity contribution in [3.8, 4) is 0 Å². The van der Waals surface area contributed by atoms with E-state index in [9.17, 15) is 9.59 Å². The van der Waals surface area contributed by atoms with E-state index in [0.717, 1.165) is 0 Å². The minimum absolute atomic E-state index is 0.0725. The average molecular weight is 341 g/mol. The first-order chi connectivity index (χ1) is 10.6. The Morgan fingerprint density at radius 2 is 2.22 bits per heavy atom. The second kappa shape index (κ2) is 6.23. The van der Waals surface area contributed by atoms with Crippen LogP contribution in [0.25, 0.3) is 0 Å². The molecule has 0 saturated carbocycles. The Kier molecular flexibility index (Phi) is 4.69. The first kappa shape index (κ1) is 17.3. The molecular weight excluding hydrogens is 322 g/mol. The second-order valence-electron chi connectivity index (χ2n) is 6.27. The van der Waals surface area contributed by atoms with Gasteiger partial charge in [0.1, 0.15) is 22.6 Å². The minimum atomic E-state index is -1.14. The van der Waals surface area contributed by atoms with Gasteiger partial charge in [-0.1, -0.05) is 0 Å². The number of ether oxygens (including phenoxy) is 1. The van der Waals surface area contributed by atoms with Crippen LogP contribution in [0.2, 0.25) is 0 Å². The number of aromatic nitrogens is 1. The molecule has 0 saturated heterocycles. The maximum absolute atomic E-state index is 11.6. The number of oxazole rings is 1. The molecule has 0 bridgehead atoms. The molecule has 1 amide bonds. The zero-order chi connectivity index (χ0) is 17.3. The van der Waals surface area contributed by atoms with Crippen LogP contribution >= 0.6 is 11.8 Å². The van der Waals surface area contributed by atoms with E-state index in [1.807, 2.05) is 0 Å². The summed E-state index contributed by atoms with van der Waals surface area (Å²) in [6, 6.07) is 0. The van der Waals surface area contributed by atoms with E-state index in [1.54, 1.807) is 27.7 Å². The van der Waals surface area contributed by atoms with Gasteiger partial charge in [0, 0.05) is 5.75 Å². The Balaban J connectivity index is 1.97. The monoisotopic (exact) mass is 341 g/mol. The van der Waals surface area contributed by atoms with Crippen molar-refractivity contribution in [3.05, 3.63) is 17.8 Å². The molecule has 23 heavy (non-hydrogen) atoms. The summed E-state index contributed by atoms with van der Waals surface area (Å²) in [4.78, 5) is 31.1. The highest BCUT2D eigenvalue weighted by Crippen LogP contribution is 2.30. The Morgan fingerprint density at radius 1 is 1.52 bits per heavy atom. The number of nitrogens with one attached hydrogen (secondary N) is 1. The highest BCUT2D eigenvalue weighted by molar-refractivity contribution is 8.14. The van der Waals surface area contributed by atoms with E-state index < -0.39 is 23.2 Å². The third-order valence-electron chi connectivity index (χ3n) is 2.85. The summed E-state index contributed by atoms with van der Waals surface area (Å²) in [5.41, 5.74) is -1.27. The Hall–Kier alpha value is -2.03. The number of amides is 1. The number of carboxylic acid groups (broad SMARTS) is 1. The van der Waals surface area contributed by atoms with Crippen LogP contribution in [-0.2, 0) is 16.1 Å². The second-order valence-corrected chi connectivity index (χ2v) is 7.23. The smallest absolute Gasteiger partial charge is 0.408 e. The number of aliphatic carboxylic acids is 1. The number of hydrogen-bond acceptors (Lipinski definition) is 7. The van der Waals surface area contributed by atoms with Crippen molar-refractivity contribution in [1.82, 2.24) is 10.3 Å². The molecule has 0 spiro atoms. The van der Waals surface area contributed by atoms with Crippen molar-refractivity contribution in [2.24, 2.45) is 4.99 Å². The van der Waals surface area contributed by atoms with Gasteiger partial charge in [0.15, 0.2) is 5.54 Å². The van der Waals surface area contributed by atoms with Crippen LogP contribution in [0.3, 0.4) is 0 Å². The lowest BCUT2D eigenvalue weighted by atomic mass is 10.1. The molecule has 1 aliphatic rings. The molecule has 0 unspecified atom stereocenters. The molecule has 1 aromatic rings. The topological polar surface area (TPSA) is 114 Å². The summed E-state index contributed by atoms with van der Waals surface area (Å²) in [6.07, 6.45) is 0.828. The van der Waals surface area contributed by atoms with Crippen molar-refractivity contribution in [1.29, 1.82) is 0 Å². The average Bonchev–Trinajstić information content (AvgIpc) is 3.01. The van der Waals surface area contributed by atoms with Crippen LogP contribution in [0.1, 0.15) is 39.3 Å². The largest absolute Gasteiger partial charge is 0.479 e. The van der Waals surface area contributed by atoms with Gasteiger partial charge < -0.3 is 19.6 Å². The van der Waals surface area contributed by atoms with Crippen molar-refractivity contribution in [3.63, 3.8) is 0 Å². The minimum Gasteiger partial charge on any atom is -0.479 e. The number of thioether (sulfide) groups is 1. The van der Waals surface area contributed by atoms with Crippen LogP contribution in [-0.4, -0.2) is 44.1 Å². The fraction of sp³-hybridized carbons (Fsp3) is 0.571. The molecule has 9 heteroatoms. The van der Waals surface area contributed by atoms with Crippen LogP contribution in [0.4, 0.5) is 4.79 Å². The van der Waals surface area contributed by atoms with E-state index in [-0.39, 0.29) is 12.4 Å². The fourth-order valence-electron chi connectivity index (χ4n) is 1.69. The molecule has 2 rings (SSSR count). The molecular formula is C14H19N3O5S. The maximum atomic E-state index is 11.6. The fourth-order valence-corrected chi connectivity index (χ4v) is 2.80. The first-order valence-electron chi connectivity index (χ1n) is 6.97. The van der Waals surface area contributed by atoms with E-state index in [1.165, 1.54) is 18.0 Å². The van der Waals surface area contributed by atoms with Crippen LogP contribution < -0.4 is 5.32 Å². The van der Waals surface area contributed by atoms with Crippen molar-refractivity contribution in [2.45, 2.75) is 45.4 Å². The summed E-state index contributed by atoms with van der Waals surface area (Å²) in [5, 5.41) is 12.2. The highest BCUT2D eigenvalue weighted by Gasteiger charge is 2.39. The van der Waals surface area contributed by atoms with Gasteiger partial charge in [-0.2, -0.15) is 0 Å². The van der Waals surface area contributed by atoms with Crippen LogP contribution in [0, 0.1) is 0 Å². The zero-order valence-electron chi connectivity index (χ0n) is 13.4. The summed E-state index contributed by atoms with van der Waals surface area (Å²) >= 11 is 1.31. The molecule has 0 aliphatic carbocycles. The SMILES string of the molecule is CC(C)(C)OC(=O)NCc1nc(C2=N[C@](C)(C(=O)O)CS2)co1. The predicted molar refractivity (Wildman–Crippen MR) is 84.6 cm³/mol. The molecule has 1 aliphatic heterocycles. The van der Waals surface area contributed by atoms with Gasteiger partial charge in [-0.15, -0.1) is 11.8 Å². The van der Waals surface area contributed by atoms with Gasteiger partial charge in [-0.3, -0.25) is 4.99 Å². The third kappa shape index (κ3) is 4.47. The van der Waals surface area contributed by atoms with Crippen molar-refractivity contribution in [2.75, 3.05) is 5.75 Å². The molecule has 126 valence electrons. The number of aliphatic imine (C=N–C) groups is 1. The van der Waals surface area contributed by atoms with E-state index in [2.05, 4.69) is 15.3 Å². The number of carboxylic acids is 1. The predicted octanol–water partition coefficient (Wildman–Crippen LogP) is 2.04. The van der Waals surface area contributed by atoms with E-state index in [0.29, 0.717) is 16.5 Å². The van der Waals surface area contributed by atoms with E-state index in [4.69, 9.17) is 14.3 Å². The third-order valence-corrected chi connectivity index (χ3v) is 4.13. The van der Waals surface area contributed by atoms with Crippen molar-refractivity contribution < 1.29 is 23.8 Å². The molecule has 0 radical (unpaired) electrons. The number of hydrogen-bond donors (Lipinski definition) is 2. The van der Waals surface area contributed by atoms with Gasteiger partial charge in [-0.05, 0) is 27.7 Å². The summed E-state index contributed by atoms with van der Waals surface area (Å²) in [7, 11) is 0.